The normalized spacial score (nSPS) is 10.6. The second-order valence-electron chi connectivity index (χ2n) is 6.40. The molecule has 4 aromatic rings. The summed E-state index contributed by atoms with van der Waals surface area (Å²) in [5.74, 6) is -1.50. The number of halogens is 1. The molecule has 0 saturated carbocycles. The zero-order chi connectivity index (χ0) is 20.9. The second kappa shape index (κ2) is 8.48. The topological polar surface area (TPSA) is 80.6 Å². The Morgan fingerprint density at radius 3 is 2.30 bits per heavy atom. The maximum atomic E-state index is 13.7. The van der Waals surface area contributed by atoms with Gasteiger partial charge < -0.3 is 9.15 Å². The molecule has 0 bridgehead atoms. The quantitative estimate of drug-likeness (QED) is 0.488. The second-order valence-corrected chi connectivity index (χ2v) is 6.40. The van der Waals surface area contributed by atoms with Crippen molar-refractivity contribution in [1.82, 2.24) is 10.9 Å². The number of hydrogen-bond donors (Lipinski definition) is 2. The van der Waals surface area contributed by atoms with Crippen LogP contribution >= 0.6 is 0 Å². The van der Waals surface area contributed by atoms with E-state index < -0.39 is 17.6 Å². The maximum absolute atomic E-state index is 13.7. The van der Waals surface area contributed by atoms with E-state index in [2.05, 4.69) is 10.9 Å². The van der Waals surface area contributed by atoms with E-state index >= 15 is 0 Å². The van der Waals surface area contributed by atoms with Gasteiger partial charge in [0.15, 0.2) is 0 Å². The van der Waals surface area contributed by atoms with Crippen molar-refractivity contribution in [3.05, 3.63) is 102 Å². The van der Waals surface area contributed by atoms with Gasteiger partial charge in [-0.15, -0.1) is 0 Å². The van der Waals surface area contributed by atoms with Crippen LogP contribution in [-0.4, -0.2) is 11.8 Å². The third kappa shape index (κ3) is 4.00. The molecule has 2 amide bonds. The zero-order valence-electron chi connectivity index (χ0n) is 15.7. The Morgan fingerprint density at radius 1 is 0.833 bits per heavy atom. The van der Waals surface area contributed by atoms with Crippen LogP contribution in [0, 0.1) is 5.82 Å². The summed E-state index contributed by atoms with van der Waals surface area (Å²) in [6, 6.07) is 21.8. The van der Waals surface area contributed by atoms with Crippen LogP contribution in [0.3, 0.4) is 0 Å². The van der Waals surface area contributed by atoms with Gasteiger partial charge in [0, 0.05) is 10.9 Å². The third-order valence-electron chi connectivity index (χ3n) is 4.44. The minimum atomic E-state index is -0.778. The third-order valence-corrected chi connectivity index (χ3v) is 4.44. The van der Waals surface area contributed by atoms with Gasteiger partial charge in [-0.05, 0) is 30.3 Å². The van der Waals surface area contributed by atoms with Gasteiger partial charge in [-0.3, -0.25) is 20.4 Å². The largest absolute Gasteiger partial charge is 0.489 e. The summed E-state index contributed by atoms with van der Waals surface area (Å²) in [5.41, 5.74) is 5.33. The molecular weight excluding hydrogens is 387 g/mol. The molecule has 0 saturated heterocycles. The van der Waals surface area contributed by atoms with E-state index in [4.69, 9.17) is 9.15 Å². The van der Waals surface area contributed by atoms with Crippen molar-refractivity contribution < 1.29 is 23.1 Å². The van der Waals surface area contributed by atoms with Gasteiger partial charge in [0.05, 0.1) is 5.56 Å². The van der Waals surface area contributed by atoms with E-state index in [1.165, 1.54) is 18.2 Å². The van der Waals surface area contributed by atoms with Crippen molar-refractivity contribution in [2.24, 2.45) is 0 Å². The van der Waals surface area contributed by atoms with Crippen LogP contribution < -0.4 is 15.6 Å². The highest BCUT2D eigenvalue weighted by Gasteiger charge is 2.22. The minimum Gasteiger partial charge on any atom is -0.489 e. The molecule has 30 heavy (non-hydrogen) atoms. The van der Waals surface area contributed by atoms with Gasteiger partial charge in [-0.1, -0.05) is 48.5 Å². The van der Waals surface area contributed by atoms with Crippen LogP contribution in [0.5, 0.6) is 5.75 Å². The van der Waals surface area contributed by atoms with E-state index in [1.807, 2.05) is 30.3 Å². The number of amides is 2. The average molecular weight is 404 g/mol. The number of carbonyl (C=O) groups excluding carboxylic acids is 2. The number of hydrogen-bond acceptors (Lipinski definition) is 4. The molecule has 150 valence electrons. The molecule has 4 rings (SSSR count). The molecule has 0 fully saturated rings. The van der Waals surface area contributed by atoms with Crippen molar-refractivity contribution >= 4 is 22.8 Å². The number of rotatable bonds is 5. The Kier molecular flexibility index (Phi) is 5.43. The molecule has 0 aliphatic rings. The molecule has 0 atom stereocenters. The van der Waals surface area contributed by atoms with Crippen molar-refractivity contribution in [2.75, 3.05) is 0 Å². The molecule has 0 radical (unpaired) electrons. The molecule has 0 aliphatic heterocycles. The van der Waals surface area contributed by atoms with Crippen LogP contribution in [0.25, 0.3) is 11.0 Å². The van der Waals surface area contributed by atoms with E-state index in [9.17, 15) is 14.0 Å². The lowest BCUT2D eigenvalue weighted by atomic mass is 10.1. The molecule has 1 heterocycles. The highest BCUT2D eigenvalue weighted by atomic mass is 19.1. The monoisotopic (exact) mass is 404 g/mol. The molecule has 3 aromatic carbocycles. The SMILES string of the molecule is O=C(NNC(=O)c1oc2ccccc2c1COc1ccccc1)c1ccccc1F. The molecule has 0 aliphatic carbocycles. The van der Waals surface area contributed by atoms with Gasteiger partial charge in [-0.25, -0.2) is 4.39 Å². The predicted octanol–water partition coefficient (Wildman–Crippen LogP) is 4.23. The Hall–Kier alpha value is -4.13. The molecule has 2 N–H and O–H groups in total. The van der Waals surface area contributed by atoms with Gasteiger partial charge in [0.2, 0.25) is 5.76 Å². The number of fused-ring (bicyclic) bond motifs is 1. The number of furan rings is 1. The van der Waals surface area contributed by atoms with E-state index in [0.717, 1.165) is 11.5 Å². The van der Waals surface area contributed by atoms with Crippen molar-refractivity contribution in [2.45, 2.75) is 6.61 Å². The Morgan fingerprint density at radius 2 is 1.50 bits per heavy atom. The Labute approximate surface area is 171 Å². The fourth-order valence-corrected chi connectivity index (χ4v) is 2.98. The number of carbonyl (C=O) groups is 2. The zero-order valence-corrected chi connectivity index (χ0v) is 15.7. The standard InChI is InChI=1S/C23H17FN2O4/c24-19-12-6-4-11-17(19)22(27)25-26-23(28)21-18(14-29-15-8-2-1-3-9-15)16-10-5-7-13-20(16)30-21/h1-13H,14H2,(H,25,27)(H,26,28). The van der Waals surface area contributed by atoms with E-state index in [0.29, 0.717) is 16.9 Å². The van der Waals surface area contributed by atoms with Crippen molar-refractivity contribution in [1.29, 1.82) is 0 Å². The maximum Gasteiger partial charge on any atom is 0.305 e. The van der Waals surface area contributed by atoms with Crippen molar-refractivity contribution in [3.63, 3.8) is 0 Å². The fourth-order valence-electron chi connectivity index (χ4n) is 2.98. The lowest BCUT2D eigenvalue weighted by Gasteiger charge is -2.09. The van der Waals surface area contributed by atoms with Crippen LogP contribution in [-0.2, 0) is 6.61 Å². The van der Waals surface area contributed by atoms with E-state index in [1.54, 1.807) is 24.3 Å². The summed E-state index contributed by atoms with van der Waals surface area (Å²) in [4.78, 5) is 24.8. The summed E-state index contributed by atoms with van der Waals surface area (Å²) >= 11 is 0. The molecule has 6 nitrogen and oxygen atoms in total. The molecule has 0 spiro atoms. The molecular formula is C23H17FN2O4. The van der Waals surface area contributed by atoms with Crippen LogP contribution in [0.4, 0.5) is 4.39 Å². The Bertz CT molecular complexity index is 1200. The van der Waals surface area contributed by atoms with Crippen LogP contribution in [0.2, 0.25) is 0 Å². The number of hydrazine groups is 1. The van der Waals surface area contributed by atoms with Gasteiger partial charge >= 0.3 is 5.91 Å². The first-order valence-corrected chi connectivity index (χ1v) is 9.17. The minimum absolute atomic E-state index is 0.000893. The highest BCUT2D eigenvalue weighted by Crippen LogP contribution is 2.27. The van der Waals surface area contributed by atoms with Crippen LogP contribution in [0.15, 0.2) is 83.3 Å². The number of para-hydroxylation sites is 2. The average Bonchev–Trinajstić information content (AvgIpc) is 3.15. The lowest BCUT2D eigenvalue weighted by molar-refractivity contribution is 0.0828. The summed E-state index contributed by atoms with van der Waals surface area (Å²) in [7, 11) is 0. The number of nitrogens with one attached hydrogen (secondary N) is 2. The van der Waals surface area contributed by atoms with Gasteiger partial charge in [0.25, 0.3) is 5.91 Å². The highest BCUT2D eigenvalue weighted by molar-refractivity contribution is 6.01. The van der Waals surface area contributed by atoms with Crippen molar-refractivity contribution in [3.8, 4) is 5.75 Å². The summed E-state index contributed by atoms with van der Waals surface area (Å²) < 4.78 is 25.2. The number of benzene rings is 3. The molecule has 1 aromatic heterocycles. The van der Waals surface area contributed by atoms with Gasteiger partial charge in [0.1, 0.15) is 23.8 Å². The van der Waals surface area contributed by atoms with E-state index in [-0.39, 0.29) is 17.9 Å². The first-order valence-electron chi connectivity index (χ1n) is 9.17. The first kappa shape index (κ1) is 19.2. The predicted molar refractivity (Wildman–Crippen MR) is 108 cm³/mol. The Balaban J connectivity index is 1.54. The smallest absolute Gasteiger partial charge is 0.305 e. The molecule has 7 heteroatoms. The fraction of sp³-hybridized carbons (Fsp3) is 0.0435. The lowest BCUT2D eigenvalue weighted by Crippen LogP contribution is -2.42. The first-order chi connectivity index (χ1) is 14.6. The van der Waals surface area contributed by atoms with Crippen LogP contribution in [0.1, 0.15) is 26.5 Å². The molecule has 0 unspecified atom stereocenters. The summed E-state index contributed by atoms with van der Waals surface area (Å²) in [5, 5.41) is 0.721. The van der Waals surface area contributed by atoms with Gasteiger partial charge in [-0.2, -0.15) is 0 Å². The summed E-state index contributed by atoms with van der Waals surface area (Å²) in [6.07, 6.45) is 0. The number of ether oxygens (including phenoxy) is 1. The summed E-state index contributed by atoms with van der Waals surface area (Å²) in [6.45, 7) is 0.0883.